The van der Waals surface area contributed by atoms with Gasteiger partial charge in [0, 0.05) is 31.6 Å². The smallest absolute Gasteiger partial charge is 0.103 e. The second-order valence-electron chi connectivity index (χ2n) is 8.97. The summed E-state index contributed by atoms with van der Waals surface area (Å²) in [7, 11) is 0. The molecule has 2 aromatic heterocycles. The van der Waals surface area contributed by atoms with Crippen LogP contribution < -0.4 is 4.90 Å². The molecule has 0 radical (unpaired) electrons. The Morgan fingerprint density at radius 1 is 1.10 bits per heavy atom. The van der Waals surface area contributed by atoms with Crippen LogP contribution in [0, 0.1) is 11.3 Å². The zero-order valence-electron chi connectivity index (χ0n) is 17.2. The number of nitrogens with zero attached hydrogens (tertiary/aromatic N) is 7. The Kier molecular flexibility index (Phi) is 3.92. The lowest BCUT2D eigenvalue weighted by molar-refractivity contribution is -0.131. The highest BCUT2D eigenvalue weighted by Gasteiger charge is 2.40. The number of rotatable bonds is 4. The first-order valence-electron chi connectivity index (χ1n) is 10.7. The van der Waals surface area contributed by atoms with E-state index in [0.717, 1.165) is 61.7 Å². The minimum absolute atomic E-state index is 0.175. The number of fused-ring (bicyclic) bond motifs is 1. The summed E-state index contributed by atoms with van der Waals surface area (Å²) in [5.74, 6) is 0. The van der Waals surface area contributed by atoms with Gasteiger partial charge >= 0.3 is 0 Å². The Labute approximate surface area is 175 Å². The predicted octanol–water partition coefficient (Wildman–Crippen LogP) is 2.34. The summed E-state index contributed by atoms with van der Waals surface area (Å²) in [5.41, 5.74) is 3.86. The van der Waals surface area contributed by atoms with E-state index in [1.807, 2.05) is 27.8 Å². The van der Waals surface area contributed by atoms with Crippen molar-refractivity contribution in [1.29, 1.82) is 5.26 Å². The van der Waals surface area contributed by atoms with Gasteiger partial charge in [0.15, 0.2) is 0 Å². The summed E-state index contributed by atoms with van der Waals surface area (Å²) < 4.78 is 9.42. The highest BCUT2D eigenvalue weighted by Crippen LogP contribution is 2.35. The number of nitriles is 1. The van der Waals surface area contributed by atoms with Gasteiger partial charge in [0.25, 0.3) is 0 Å². The summed E-state index contributed by atoms with van der Waals surface area (Å²) in [5, 5.41) is 19.9. The van der Waals surface area contributed by atoms with Crippen molar-refractivity contribution < 1.29 is 4.74 Å². The summed E-state index contributed by atoms with van der Waals surface area (Å²) in [4.78, 5) is 4.86. The topological polar surface area (TPSA) is 75.1 Å². The van der Waals surface area contributed by atoms with Crippen LogP contribution in [-0.4, -0.2) is 69.4 Å². The van der Waals surface area contributed by atoms with Gasteiger partial charge in [0.05, 0.1) is 60.2 Å². The molecule has 3 aliphatic rings. The Bertz CT molecular complexity index is 1140. The first-order valence-corrected chi connectivity index (χ1v) is 10.7. The van der Waals surface area contributed by atoms with Crippen LogP contribution in [0.5, 0.6) is 0 Å². The molecule has 30 heavy (non-hydrogen) atoms. The average Bonchev–Trinajstić information content (AvgIpc) is 3.34. The van der Waals surface area contributed by atoms with Crippen molar-refractivity contribution in [2.75, 3.05) is 44.3 Å². The molecule has 0 unspecified atom stereocenters. The van der Waals surface area contributed by atoms with Crippen LogP contribution in [0.25, 0.3) is 16.6 Å². The van der Waals surface area contributed by atoms with E-state index < -0.39 is 0 Å². The van der Waals surface area contributed by atoms with E-state index in [1.54, 1.807) is 0 Å². The third-order valence-electron chi connectivity index (χ3n) is 6.77. The number of hydrogen-bond donors (Lipinski definition) is 0. The summed E-state index contributed by atoms with van der Waals surface area (Å²) >= 11 is 0. The lowest BCUT2D eigenvalue weighted by Crippen LogP contribution is -2.64. The van der Waals surface area contributed by atoms with Crippen molar-refractivity contribution in [3.8, 4) is 11.8 Å². The molecule has 1 saturated carbocycles. The van der Waals surface area contributed by atoms with E-state index in [4.69, 9.17) is 4.74 Å². The minimum atomic E-state index is 0.175. The maximum Gasteiger partial charge on any atom is 0.103 e. The van der Waals surface area contributed by atoms with Crippen molar-refractivity contribution in [2.45, 2.75) is 31.3 Å². The monoisotopic (exact) mass is 403 g/mol. The van der Waals surface area contributed by atoms with E-state index in [2.05, 4.69) is 45.3 Å². The van der Waals surface area contributed by atoms with E-state index in [-0.39, 0.29) is 5.54 Å². The Balaban J connectivity index is 1.32. The maximum absolute atomic E-state index is 9.79. The van der Waals surface area contributed by atoms with Gasteiger partial charge in [0.1, 0.15) is 11.8 Å². The average molecular weight is 403 g/mol. The highest BCUT2D eigenvalue weighted by molar-refractivity contribution is 5.87. The van der Waals surface area contributed by atoms with E-state index >= 15 is 0 Å². The van der Waals surface area contributed by atoms with Crippen LogP contribution in [0.3, 0.4) is 0 Å². The molecule has 0 N–H and O–H groups in total. The molecule has 8 nitrogen and oxygen atoms in total. The number of anilines is 1. The summed E-state index contributed by atoms with van der Waals surface area (Å²) in [6.07, 6.45) is 8.19. The zero-order chi connectivity index (χ0) is 20.3. The summed E-state index contributed by atoms with van der Waals surface area (Å²) in [6.45, 7) is 7.69. The molecule has 0 atom stereocenters. The Morgan fingerprint density at radius 2 is 1.90 bits per heavy atom. The first kappa shape index (κ1) is 17.9. The fraction of sp³-hybridized carbons (Fsp3) is 0.500. The molecule has 8 heteroatoms. The molecule has 4 heterocycles. The number of aromatic nitrogens is 4. The van der Waals surface area contributed by atoms with Crippen LogP contribution in [-0.2, 0) is 4.74 Å². The first-order chi connectivity index (χ1) is 14.6. The molecule has 1 aromatic carbocycles. The predicted molar refractivity (Wildman–Crippen MR) is 113 cm³/mol. The second kappa shape index (κ2) is 6.56. The van der Waals surface area contributed by atoms with Crippen molar-refractivity contribution in [1.82, 2.24) is 24.5 Å². The number of hydrogen-bond acceptors (Lipinski definition) is 6. The molecule has 2 saturated heterocycles. The van der Waals surface area contributed by atoms with Gasteiger partial charge < -0.3 is 9.64 Å². The molecule has 0 amide bonds. The molecule has 0 bridgehead atoms. The highest BCUT2D eigenvalue weighted by atomic mass is 16.5. The van der Waals surface area contributed by atoms with Gasteiger partial charge in [-0.3, -0.25) is 9.58 Å². The fourth-order valence-corrected chi connectivity index (χ4v) is 4.66. The van der Waals surface area contributed by atoms with Crippen molar-refractivity contribution in [2.24, 2.45) is 0 Å². The molecule has 0 spiro atoms. The van der Waals surface area contributed by atoms with E-state index in [1.165, 1.54) is 12.8 Å². The van der Waals surface area contributed by atoms with Crippen LogP contribution in [0.1, 0.15) is 31.4 Å². The zero-order valence-corrected chi connectivity index (χ0v) is 17.2. The SMILES string of the molecule is CC1(N2CCN(c3cc4c(cnn4-c4cnn(C5CC5)c4)cc3C#N)CC2)COC1. The van der Waals surface area contributed by atoms with E-state index in [9.17, 15) is 5.26 Å². The third kappa shape index (κ3) is 2.81. The van der Waals surface area contributed by atoms with Gasteiger partial charge in [-0.15, -0.1) is 0 Å². The molecule has 2 aliphatic heterocycles. The third-order valence-corrected chi connectivity index (χ3v) is 6.77. The molecule has 3 fully saturated rings. The second-order valence-corrected chi connectivity index (χ2v) is 8.97. The lowest BCUT2D eigenvalue weighted by Gasteiger charge is -2.50. The molecular weight excluding hydrogens is 378 g/mol. The van der Waals surface area contributed by atoms with Crippen molar-refractivity contribution >= 4 is 16.6 Å². The maximum atomic E-state index is 9.79. The number of piperazine rings is 1. The standard InChI is InChI=1S/C22H25N7O/c1-22(14-30-15-22)27-6-4-26(5-7-27)20-9-21-17(8-16(20)10-23)11-25-29(21)19-12-24-28(13-19)18-2-3-18/h8-9,11-13,18H,2-7,14-15H2,1H3. The number of benzene rings is 1. The molecule has 3 aromatic rings. The normalized spacial score (nSPS) is 21.5. The van der Waals surface area contributed by atoms with E-state index in [0.29, 0.717) is 11.6 Å². The quantitative estimate of drug-likeness (QED) is 0.666. The number of ether oxygens (including phenoxy) is 1. The minimum Gasteiger partial charge on any atom is -0.377 e. The van der Waals surface area contributed by atoms with Gasteiger partial charge in [-0.2, -0.15) is 15.5 Å². The van der Waals surface area contributed by atoms with Crippen molar-refractivity contribution in [3.05, 3.63) is 36.3 Å². The molecule has 154 valence electrons. The lowest BCUT2D eigenvalue weighted by atomic mass is 9.96. The van der Waals surface area contributed by atoms with Gasteiger partial charge in [-0.25, -0.2) is 4.68 Å². The molecule has 6 rings (SSSR count). The Hall–Kier alpha value is -2.89. The van der Waals surface area contributed by atoms with Crippen LogP contribution in [0.2, 0.25) is 0 Å². The van der Waals surface area contributed by atoms with Crippen molar-refractivity contribution in [3.63, 3.8) is 0 Å². The molecular formula is C22H25N7O. The fourth-order valence-electron chi connectivity index (χ4n) is 4.66. The van der Waals surface area contributed by atoms with Gasteiger partial charge in [0.2, 0.25) is 0 Å². The largest absolute Gasteiger partial charge is 0.377 e. The van der Waals surface area contributed by atoms with Gasteiger partial charge in [-0.05, 0) is 31.9 Å². The Morgan fingerprint density at radius 3 is 2.57 bits per heavy atom. The summed E-state index contributed by atoms with van der Waals surface area (Å²) in [6, 6.07) is 7.03. The van der Waals surface area contributed by atoms with Crippen LogP contribution in [0.4, 0.5) is 5.69 Å². The van der Waals surface area contributed by atoms with Crippen LogP contribution >= 0.6 is 0 Å². The van der Waals surface area contributed by atoms with Crippen LogP contribution in [0.15, 0.2) is 30.7 Å². The molecule has 1 aliphatic carbocycles. The van der Waals surface area contributed by atoms with Gasteiger partial charge in [-0.1, -0.05) is 0 Å².